The molecular formula is C12H14N2O5S. The molecule has 2 amide bonds. The van der Waals surface area contributed by atoms with Gasteiger partial charge in [-0.15, -0.1) is 0 Å². The van der Waals surface area contributed by atoms with Crippen LogP contribution in [-0.2, 0) is 30.3 Å². The molecule has 1 aromatic rings. The quantitative estimate of drug-likeness (QED) is 0.544. The van der Waals surface area contributed by atoms with E-state index in [4.69, 9.17) is 0 Å². The lowest BCUT2D eigenvalue weighted by molar-refractivity contribution is -0.134. The Kier molecular flexibility index (Phi) is 4.05. The zero-order valence-electron chi connectivity index (χ0n) is 10.7. The number of hydrogen-bond donors (Lipinski definition) is 2. The first-order valence-electron chi connectivity index (χ1n) is 5.87. The molecule has 1 aliphatic heterocycles. The van der Waals surface area contributed by atoms with Gasteiger partial charge in [0, 0.05) is 0 Å². The van der Waals surface area contributed by atoms with Crippen LogP contribution in [0.25, 0.3) is 0 Å². The van der Waals surface area contributed by atoms with Crippen LogP contribution in [0.4, 0.5) is 0 Å². The molecule has 0 radical (unpaired) electrons. The second-order valence-corrected chi connectivity index (χ2v) is 6.12. The first kappa shape index (κ1) is 14.5. The zero-order valence-corrected chi connectivity index (χ0v) is 11.5. The summed E-state index contributed by atoms with van der Waals surface area (Å²) in [5.74, 6) is -0.968. The maximum atomic E-state index is 11.8. The first-order chi connectivity index (χ1) is 9.44. The smallest absolute Gasteiger partial charge is 0.291 e. The van der Waals surface area contributed by atoms with Crippen molar-refractivity contribution >= 4 is 21.9 Å². The van der Waals surface area contributed by atoms with Gasteiger partial charge in [0.2, 0.25) is 11.8 Å². The molecule has 1 fully saturated rings. The molecule has 1 aromatic carbocycles. The molecule has 8 heteroatoms. The maximum absolute atomic E-state index is 11.8. The van der Waals surface area contributed by atoms with Crippen molar-refractivity contribution in [2.24, 2.45) is 0 Å². The highest BCUT2D eigenvalue weighted by Crippen LogP contribution is 2.14. The number of benzene rings is 1. The predicted octanol–water partition coefficient (Wildman–Crippen LogP) is -0.854. The van der Waals surface area contributed by atoms with Gasteiger partial charge in [-0.3, -0.25) is 13.8 Å². The van der Waals surface area contributed by atoms with Gasteiger partial charge in [-0.1, -0.05) is 30.3 Å². The van der Waals surface area contributed by atoms with Crippen LogP contribution < -0.4 is 10.6 Å². The van der Waals surface area contributed by atoms with Gasteiger partial charge in [0.05, 0.1) is 13.5 Å². The van der Waals surface area contributed by atoms with E-state index < -0.39 is 33.3 Å². The third-order valence-corrected chi connectivity index (χ3v) is 4.41. The van der Waals surface area contributed by atoms with E-state index in [9.17, 15) is 18.0 Å². The molecule has 0 aromatic heterocycles. The molecule has 0 unspecified atom stereocenters. The number of carbonyl (C=O) groups is 2. The monoisotopic (exact) mass is 298 g/mol. The molecular weight excluding hydrogens is 284 g/mol. The summed E-state index contributed by atoms with van der Waals surface area (Å²) in [6, 6.07) is 7.82. The Hall–Kier alpha value is -1.93. The van der Waals surface area contributed by atoms with Crippen molar-refractivity contribution < 1.29 is 22.2 Å². The van der Waals surface area contributed by atoms with E-state index in [-0.39, 0.29) is 6.42 Å². The van der Waals surface area contributed by atoms with Crippen molar-refractivity contribution in [3.8, 4) is 0 Å². The topological polar surface area (TPSA) is 102 Å². The van der Waals surface area contributed by atoms with Crippen LogP contribution in [-0.4, -0.2) is 38.8 Å². The molecule has 0 spiro atoms. The van der Waals surface area contributed by atoms with E-state index >= 15 is 0 Å². The molecule has 7 nitrogen and oxygen atoms in total. The summed E-state index contributed by atoms with van der Waals surface area (Å²) in [6.45, 7) is 0. The Morgan fingerprint density at radius 1 is 1.35 bits per heavy atom. The van der Waals surface area contributed by atoms with Crippen molar-refractivity contribution in [3.63, 3.8) is 0 Å². The van der Waals surface area contributed by atoms with Gasteiger partial charge < -0.3 is 10.6 Å². The van der Waals surface area contributed by atoms with Crippen molar-refractivity contribution in [1.29, 1.82) is 0 Å². The Labute approximate surface area is 116 Å². The summed E-state index contributed by atoms with van der Waals surface area (Å²) >= 11 is 0. The maximum Gasteiger partial charge on any atom is 0.291 e. The summed E-state index contributed by atoms with van der Waals surface area (Å²) in [5, 5.41) is 3.35. The van der Waals surface area contributed by atoms with E-state index in [1.165, 1.54) is 0 Å². The highest BCUT2D eigenvalue weighted by Gasteiger charge is 2.48. The van der Waals surface area contributed by atoms with Crippen LogP contribution in [0.3, 0.4) is 0 Å². The standard InChI is InChI=1S/C12H14N2O5S/c1-19-20(17,18)12-10(11(16)14-12)13-9(15)7-8-5-3-2-4-6-8/h2-6,10,12H,7H2,1H3,(H,13,15)(H,14,16)/t10-,12-/m1/s1. The molecule has 0 saturated carbocycles. The van der Waals surface area contributed by atoms with Gasteiger partial charge in [0.15, 0.2) is 5.37 Å². The lowest BCUT2D eigenvalue weighted by Crippen LogP contribution is -2.71. The summed E-state index contributed by atoms with van der Waals surface area (Å²) < 4.78 is 27.3. The number of amides is 2. The normalized spacial score (nSPS) is 21.8. The van der Waals surface area contributed by atoms with Crippen LogP contribution in [0.15, 0.2) is 30.3 Å². The molecule has 108 valence electrons. The summed E-state index contributed by atoms with van der Waals surface area (Å²) in [7, 11) is -2.91. The van der Waals surface area contributed by atoms with Crippen LogP contribution in [0.1, 0.15) is 5.56 Å². The number of nitrogens with one attached hydrogen (secondary N) is 2. The highest BCUT2D eigenvalue weighted by atomic mass is 32.2. The SMILES string of the molecule is COS(=O)(=O)[C@H]1NC(=O)[C@H]1NC(=O)Cc1ccccc1. The first-order valence-corrected chi connectivity index (χ1v) is 7.34. The van der Waals surface area contributed by atoms with Gasteiger partial charge in [-0.2, -0.15) is 8.42 Å². The molecule has 2 rings (SSSR count). The minimum atomic E-state index is -3.91. The zero-order chi connectivity index (χ0) is 14.8. The van der Waals surface area contributed by atoms with Crippen LogP contribution in [0.2, 0.25) is 0 Å². The molecule has 0 aliphatic carbocycles. The van der Waals surface area contributed by atoms with E-state index in [1.54, 1.807) is 24.3 Å². The van der Waals surface area contributed by atoms with Gasteiger partial charge in [-0.05, 0) is 5.56 Å². The van der Waals surface area contributed by atoms with Gasteiger partial charge in [0.1, 0.15) is 6.04 Å². The molecule has 1 aliphatic rings. The molecule has 20 heavy (non-hydrogen) atoms. The van der Waals surface area contributed by atoms with E-state index in [2.05, 4.69) is 14.8 Å². The second kappa shape index (κ2) is 5.59. The van der Waals surface area contributed by atoms with Crippen molar-refractivity contribution in [2.45, 2.75) is 17.8 Å². The number of β-lactam (4-membered cyclic amide) rings is 1. The number of rotatable bonds is 5. The summed E-state index contributed by atoms with van der Waals surface area (Å²) in [6.07, 6.45) is 0.0738. The third kappa shape index (κ3) is 2.97. The van der Waals surface area contributed by atoms with Crippen molar-refractivity contribution in [1.82, 2.24) is 10.6 Å². The highest BCUT2D eigenvalue weighted by molar-refractivity contribution is 7.87. The average molecular weight is 298 g/mol. The molecule has 2 atom stereocenters. The van der Waals surface area contributed by atoms with Gasteiger partial charge in [-0.25, -0.2) is 0 Å². The fourth-order valence-electron chi connectivity index (χ4n) is 1.84. The Morgan fingerprint density at radius 2 is 2.00 bits per heavy atom. The van der Waals surface area contributed by atoms with Crippen molar-refractivity contribution in [3.05, 3.63) is 35.9 Å². The fraction of sp³-hybridized carbons (Fsp3) is 0.333. The van der Waals surface area contributed by atoms with Crippen molar-refractivity contribution in [2.75, 3.05) is 7.11 Å². The lowest BCUT2D eigenvalue weighted by atomic mass is 10.1. The van der Waals surface area contributed by atoms with Gasteiger partial charge in [0.25, 0.3) is 10.1 Å². The minimum Gasteiger partial charge on any atom is -0.341 e. The third-order valence-electron chi connectivity index (χ3n) is 2.94. The Balaban J connectivity index is 1.99. The summed E-state index contributed by atoms with van der Waals surface area (Å²) in [4.78, 5) is 23.1. The lowest BCUT2D eigenvalue weighted by Gasteiger charge is -2.35. The second-order valence-electron chi connectivity index (χ2n) is 4.30. The van der Waals surface area contributed by atoms with E-state index in [0.29, 0.717) is 0 Å². The fourth-order valence-corrected chi connectivity index (χ4v) is 2.84. The summed E-state index contributed by atoms with van der Waals surface area (Å²) in [5.41, 5.74) is 0.774. The molecule has 1 saturated heterocycles. The van der Waals surface area contributed by atoms with Crippen LogP contribution in [0.5, 0.6) is 0 Å². The van der Waals surface area contributed by atoms with Crippen LogP contribution >= 0.6 is 0 Å². The number of hydrogen-bond acceptors (Lipinski definition) is 5. The number of carbonyl (C=O) groups excluding carboxylic acids is 2. The minimum absolute atomic E-state index is 0.0738. The largest absolute Gasteiger partial charge is 0.341 e. The molecule has 1 heterocycles. The molecule has 2 N–H and O–H groups in total. The van der Waals surface area contributed by atoms with Gasteiger partial charge >= 0.3 is 0 Å². The molecule has 0 bridgehead atoms. The average Bonchev–Trinajstić information content (AvgIpc) is 2.43. The van der Waals surface area contributed by atoms with E-state index in [1.807, 2.05) is 6.07 Å². The predicted molar refractivity (Wildman–Crippen MR) is 69.9 cm³/mol. The van der Waals surface area contributed by atoms with Crippen LogP contribution in [0, 0.1) is 0 Å². The Bertz CT molecular complexity index is 614. The Morgan fingerprint density at radius 3 is 2.55 bits per heavy atom. The van der Waals surface area contributed by atoms with E-state index in [0.717, 1.165) is 12.7 Å².